The summed E-state index contributed by atoms with van der Waals surface area (Å²) >= 11 is 0. The summed E-state index contributed by atoms with van der Waals surface area (Å²) in [6, 6.07) is 10.3. The second kappa shape index (κ2) is 10.5. The molecule has 7 nitrogen and oxygen atoms in total. The number of aliphatic hydroxyl groups is 1. The maximum atomic E-state index is 13.7. The van der Waals surface area contributed by atoms with E-state index in [0.29, 0.717) is 16.8 Å². The van der Waals surface area contributed by atoms with Gasteiger partial charge in [0.2, 0.25) is 0 Å². The topological polar surface area (TPSA) is 84.0 Å². The lowest BCUT2D eigenvalue weighted by Crippen LogP contribution is -2.43. The van der Waals surface area contributed by atoms with Gasteiger partial charge >= 0.3 is 0 Å². The number of primary amides is 1. The number of ether oxygens (including phenoxy) is 1. The molecular formula is C27H32F2N4O3. The van der Waals surface area contributed by atoms with Crippen molar-refractivity contribution in [2.45, 2.75) is 37.8 Å². The predicted molar refractivity (Wildman–Crippen MR) is 133 cm³/mol. The summed E-state index contributed by atoms with van der Waals surface area (Å²) in [6.45, 7) is 5.70. The van der Waals surface area contributed by atoms with Crippen molar-refractivity contribution in [3.8, 4) is 11.5 Å². The first-order valence-electron chi connectivity index (χ1n) is 12.6. The number of hydrogen-bond acceptors (Lipinski definition) is 5. The molecule has 3 heterocycles. The van der Waals surface area contributed by atoms with E-state index in [9.17, 15) is 18.7 Å². The molecule has 9 heteroatoms. The number of carbonyl (C=O) groups excluding carboxylic acids is 1. The lowest BCUT2D eigenvalue weighted by molar-refractivity contribution is 0.0733. The number of likely N-dealkylation sites (tertiary alicyclic amines) is 2. The van der Waals surface area contributed by atoms with Crippen molar-refractivity contribution in [2.75, 3.05) is 39.3 Å². The van der Waals surface area contributed by atoms with Crippen LogP contribution in [0.3, 0.4) is 0 Å². The van der Waals surface area contributed by atoms with E-state index in [0.717, 1.165) is 88.7 Å². The van der Waals surface area contributed by atoms with Gasteiger partial charge in [0.15, 0.2) is 0 Å². The Morgan fingerprint density at radius 3 is 2.17 bits per heavy atom. The number of rotatable bonds is 7. The highest BCUT2D eigenvalue weighted by Crippen LogP contribution is 2.36. The monoisotopic (exact) mass is 498 g/mol. The summed E-state index contributed by atoms with van der Waals surface area (Å²) < 4.78 is 35.2. The van der Waals surface area contributed by atoms with Crippen LogP contribution >= 0.6 is 0 Å². The minimum Gasteiger partial charge on any atom is -0.456 e. The van der Waals surface area contributed by atoms with Crippen LogP contribution in [0.5, 0.6) is 11.5 Å². The van der Waals surface area contributed by atoms with Gasteiger partial charge in [-0.3, -0.25) is 4.79 Å². The van der Waals surface area contributed by atoms with Crippen molar-refractivity contribution in [1.29, 1.82) is 0 Å². The Bertz CT molecular complexity index is 1210. The molecule has 2 aliphatic rings. The molecule has 0 aliphatic carbocycles. The van der Waals surface area contributed by atoms with Crippen molar-refractivity contribution in [2.24, 2.45) is 5.73 Å². The highest BCUT2D eigenvalue weighted by Gasteiger charge is 2.27. The van der Waals surface area contributed by atoms with Crippen LogP contribution in [0.1, 0.15) is 42.2 Å². The predicted octanol–water partition coefficient (Wildman–Crippen LogP) is 3.90. The number of nitrogens with zero attached hydrogens (tertiary/aromatic N) is 3. The third kappa shape index (κ3) is 5.38. The standard InChI is InChI=1S/C27H32F2N4O3/c28-18-14-19(29)16-22(15-18)36-26-3-1-2-24-23(26)17-25(27(30)35)33(24)20-4-8-31(9-5-20)12-13-32-10-6-21(34)7-11-32/h1-3,14-17,20-21,34H,4-13H2,(H2,30,35). The third-order valence-electron chi connectivity index (χ3n) is 7.37. The smallest absolute Gasteiger partial charge is 0.265 e. The number of nitrogens with two attached hydrogens (primary N) is 1. The number of benzene rings is 2. The van der Waals surface area contributed by atoms with Gasteiger partial charge in [-0.25, -0.2) is 8.78 Å². The molecule has 5 rings (SSSR count). The van der Waals surface area contributed by atoms with E-state index < -0.39 is 17.5 Å². The number of halogens is 2. The van der Waals surface area contributed by atoms with Crippen molar-refractivity contribution in [3.63, 3.8) is 0 Å². The molecule has 3 aromatic rings. The van der Waals surface area contributed by atoms with Gasteiger partial charge < -0.3 is 29.9 Å². The first-order chi connectivity index (χ1) is 17.4. The SMILES string of the molecule is NC(=O)c1cc2c(Oc3cc(F)cc(F)c3)cccc2n1C1CCN(CCN2CCC(O)CC2)CC1. The maximum Gasteiger partial charge on any atom is 0.265 e. The van der Waals surface area contributed by atoms with Crippen molar-refractivity contribution < 1.29 is 23.4 Å². The Labute approximate surface area is 209 Å². The maximum absolute atomic E-state index is 13.7. The van der Waals surface area contributed by atoms with Crippen LogP contribution in [0.2, 0.25) is 0 Å². The van der Waals surface area contributed by atoms with E-state index in [-0.39, 0.29) is 17.9 Å². The van der Waals surface area contributed by atoms with E-state index >= 15 is 0 Å². The normalized spacial score (nSPS) is 18.6. The average Bonchev–Trinajstić information content (AvgIpc) is 3.25. The molecule has 3 N–H and O–H groups in total. The number of fused-ring (bicyclic) bond motifs is 1. The van der Waals surface area contributed by atoms with Gasteiger partial charge in [0.1, 0.15) is 28.8 Å². The summed E-state index contributed by atoms with van der Waals surface area (Å²) in [5.41, 5.74) is 6.97. The molecule has 2 fully saturated rings. The minimum atomic E-state index is -0.725. The quantitative estimate of drug-likeness (QED) is 0.516. The van der Waals surface area contributed by atoms with Crippen LogP contribution in [0, 0.1) is 11.6 Å². The number of carbonyl (C=O) groups is 1. The van der Waals surface area contributed by atoms with Crippen molar-refractivity contribution >= 4 is 16.8 Å². The summed E-state index contributed by atoms with van der Waals surface area (Å²) in [5.74, 6) is -1.52. The molecule has 0 saturated carbocycles. The molecule has 0 unspecified atom stereocenters. The minimum absolute atomic E-state index is 0.0462. The first-order valence-corrected chi connectivity index (χ1v) is 12.6. The molecule has 0 spiro atoms. The van der Waals surface area contributed by atoms with E-state index in [1.807, 2.05) is 10.6 Å². The molecule has 1 amide bonds. The van der Waals surface area contributed by atoms with Crippen LogP contribution in [0.25, 0.3) is 10.9 Å². The summed E-state index contributed by atoms with van der Waals surface area (Å²) in [6.07, 6.45) is 3.29. The highest BCUT2D eigenvalue weighted by atomic mass is 19.1. The number of amides is 1. The molecule has 1 aromatic heterocycles. The van der Waals surface area contributed by atoms with Crippen LogP contribution < -0.4 is 10.5 Å². The van der Waals surface area contributed by atoms with Gasteiger partial charge in [0.05, 0.1) is 11.6 Å². The van der Waals surface area contributed by atoms with Gasteiger partial charge in [0, 0.05) is 68.9 Å². The lowest BCUT2D eigenvalue weighted by atomic mass is 10.0. The molecule has 0 radical (unpaired) electrons. The Balaban J connectivity index is 1.32. The second-order valence-corrected chi connectivity index (χ2v) is 9.81. The molecule has 0 atom stereocenters. The van der Waals surface area contributed by atoms with E-state index in [2.05, 4.69) is 9.80 Å². The van der Waals surface area contributed by atoms with Crippen molar-refractivity contribution in [1.82, 2.24) is 14.4 Å². The molecule has 2 saturated heterocycles. The van der Waals surface area contributed by atoms with Crippen molar-refractivity contribution in [3.05, 3.63) is 59.8 Å². The first kappa shape index (κ1) is 24.7. The fourth-order valence-electron chi connectivity index (χ4n) is 5.44. The second-order valence-electron chi connectivity index (χ2n) is 9.81. The van der Waals surface area contributed by atoms with Gasteiger partial charge in [-0.05, 0) is 43.9 Å². The van der Waals surface area contributed by atoms with Crippen LogP contribution in [0.15, 0.2) is 42.5 Å². The number of aliphatic hydroxyl groups excluding tert-OH is 1. The average molecular weight is 499 g/mol. The van der Waals surface area contributed by atoms with Gasteiger partial charge in [-0.1, -0.05) is 6.07 Å². The number of aromatic nitrogens is 1. The fraction of sp³-hybridized carbons (Fsp3) is 0.444. The molecule has 2 aliphatic heterocycles. The summed E-state index contributed by atoms with van der Waals surface area (Å²) in [5, 5.41) is 10.4. The van der Waals surface area contributed by atoms with E-state index in [1.54, 1.807) is 18.2 Å². The molecular weight excluding hydrogens is 466 g/mol. The summed E-state index contributed by atoms with van der Waals surface area (Å²) in [4.78, 5) is 17.2. The van der Waals surface area contributed by atoms with E-state index in [1.165, 1.54) is 0 Å². The Morgan fingerprint density at radius 2 is 1.56 bits per heavy atom. The Kier molecular flexibility index (Phi) is 7.22. The fourth-order valence-corrected chi connectivity index (χ4v) is 5.44. The van der Waals surface area contributed by atoms with E-state index in [4.69, 9.17) is 10.5 Å². The third-order valence-corrected chi connectivity index (χ3v) is 7.37. The van der Waals surface area contributed by atoms with Gasteiger partial charge in [-0.2, -0.15) is 0 Å². The van der Waals surface area contributed by atoms with Crippen LogP contribution in [-0.2, 0) is 0 Å². The zero-order valence-electron chi connectivity index (χ0n) is 20.2. The zero-order valence-corrected chi connectivity index (χ0v) is 20.2. The number of hydrogen-bond donors (Lipinski definition) is 2. The largest absolute Gasteiger partial charge is 0.456 e. The Morgan fingerprint density at radius 1 is 0.944 bits per heavy atom. The zero-order chi connectivity index (χ0) is 25.2. The molecule has 2 aromatic carbocycles. The lowest BCUT2D eigenvalue weighted by Gasteiger charge is -2.36. The van der Waals surface area contributed by atoms with Gasteiger partial charge in [0.25, 0.3) is 5.91 Å². The van der Waals surface area contributed by atoms with Gasteiger partial charge in [-0.15, -0.1) is 0 Å². The Hall–Kier alpha value is -3.01. The summed E-state index contributed by atoms with van der Waals surface area (Å²) in [7, 11) is 0. The molecule has 0 bridgehead atoms. The molecule has 192 valence electrons. The van der Waals surface area contributed by atoms with Crippen LogP contribution in [-0.4, -0.2) is 70.8 Å². The number of piperidine rings is 2. The highest BCUT2D eigenvalue weighted by molar-refractivity contribution is 6.00. The molecule has 36 heavy (non-hydrogen) atoms. The van der Waals surface area contributed by atoms with Crippen LogP contribution in [0.4, 0.5) is 8.78 Å².